The zero-order valence-corrected chi connectivity index (χ0v) is 18.9. The summed E-state index contributed by atoms with van der Waals surface area (Å²) in [5.74, 6) is 1.42. The van der Waals surface area contributed by atoms with E-state index in [-0.39, 0.29) is 5.91 Å². The van der Waals surface area contributed by atoms with E-state index in [1.165, 1.54) is 0 Å². The van der Waals surface area contributed by atoms with Gasteiger partial charge in [0, 0.05) is 51.2 Å². The number of hydrogen-bond donors (Lipinski definition) is 0. The van der Waals surface area contributed by atoms with Crippen molar-refractivity contribution in [2.24, 2.45) is 0 Å². The third-order valence-corrected chi connectivity index (χ3v) is 5.88. The van der Waals surface area contributed by atoms with E-state index in [4.69, 9.17) is 16.3 Å². The molecule has 0 radical (unpaired) electrons. The summed E-state index contributed by atoms with van der Waals surface area (Å²) in [6.45, 7) is 1.38. The second kappa shape index (κ2) is 10.6. The van der Waals surface area contributed by atoms with Crippen molar-refractivity contribution < 1.29 is 9.53 Å². The van der Waals surface area contributed by atoms with Gasteiger partial charge in [-0.3, -0.25) is 4.79 Å². The molecule has 0 aliphatic heterocycles. The van der Waals surface area contributed by atoms with Gasteiger partial charge in [-0.05, 0) is 36.2 Å². The van der Waals surface area contributed by atoms with Crippen molar-refractivity contribution in [1.82, 2.24) is 19.7 Å². The summed E-state index contributed by atoms with van der Waals surface area (Å²) in [5.41, 5.74) is 2.59. The number of aromatic nitrogens is 3. The molecular formula is C22H25ClN4O2S. The molecule has 0 N–H and O–H groups in total. The van der Waals surface area contributed by atoms with Gasteiger partial charge in [0.1, 0.15) is 0 Å². The second-order valence-corrected chi connectivity index (χ2v) is 8.32. The first-order valence-electron chi connectivity index (χ1n) is 9.61. The van der Waals surface area contributed by atoms with Crippen molar-refractivity contribution in [1.29, 1.82) is 0 Å². The van der Waals surface area contributed by atoms with Crippen molar-refractivity contribution in [3.8, 4) is 11.4 Å². The van der Waals surface area contributed by atoms with E-state index >= 15 is 0 Å². The first kappa shape index (κ1) is 22.3. The van der Waals surface area contributed by atoms with Crippen LogP contribution in [0.3, 0.4) is 0 Å². The molecule has 0 saturated carbocycles. The van der Waals surface area contributed by atoms with Gasteiger partial charge in [0.05, 0.1) is 5.02 Å². The highest BCUT2D eigenvalue weighted by Crippen LogP contribution is 2.30. The van der Waals surface area contributed by atoms with Gasteiger partial charge >= 0.3 is 0 Å². The molecule has 0 fully saturated rings. The SMILES string of the molecule is COCCCn1c(SCc2cccc(C(=O)N(C)C)c2)nnc1-c1ccccc1Cl. The lowest BCUT2D eigenvalue weighted by atomic mass is 10.1. The summed E-state index contributed by atoms with van der Waals surface area (Å²) in [6.07, 6.45) is 0.840. The van der Waals surface area contributed by atoms with E-state index < -0.39 is 0 Å². The number of carbonyl (C=O) groups is 1. The molecule has 0 bridgehead atoms. The Hall–Kier alpha value is -2.35. The molecule has 158 valence electrons. The van der Waals surface area contributed by atoms with Crippen molar-refractivity contribution in [3.63, 3.8) is 0 Å². The van der Waals surface area contributed by atoms with Crippen LogP contribution in [0.4, 0.5) is 0 Å². The van der Waals surface area contributed by atoms with Crippen LogP contribution < -0.4 is 0 Å². The smallest absolute Gasteiger partial charge is 0.253 e. The van der Waals surface area contributed by atoms with E-state index in [1.807, 2.05) is 48.5 Å². The zero-order chi connectivity index (χ0) is 21.5. The van der Waals surface area contributed by atoms with Crippen LogP contribution in [-0.4, -0.2) is 53.4 Å². The summed E-state index contributed by atoms with van der Waals surface area (Å²) >= 11 is 7.99. The highest BCUT2D eigenvalue weighted by atomic mass is 35.5. The average Bonchev–Trinajstić information content (AvgIpc) is 3.15. The molecule has 1 amide bonds. The van der Waals surface area contributed by atoms with Gasteiger partial charge in [-0.15, -0.1) is 10.2 Å². The lowest BCUT2D eigenvalue weighted by Crippen LogP contribution is -2.21. The predicted octanol–water partition coefficient (Wildman–Crippen LogP) is 4.63. The lowest BCUT2D eigenvalue weighted by molar-refractivity contribution is 0.0827. The zero-order valence-electron chi connectivity index (χ0n) is 17.3. The van der Waals surface area contributed by atoms with Crippen molar-refractivity contribution in [2.45, 2.75) is 23.9 Å². The van der Waals surface area contributed by atoms with Crippen LogP contribution in [-0.2, 0) is 17.0 Å². The molecule has 3 aromatic rings. The summed E-state index contributed by atoms with van der Waals surface area (Å²) in [5, 5.41) is 10.3. The topological polar surface area (TPSA) is 60.2 Å². The Bertz CT molecular complexity index is 1010. The van der Waals surface area contributed by atoms with Gasteiger partial charge in [-0.1, -0.05) is 47.6 Å². The maximum absolute atomic E-state index is 12.2. The molecule has 0 unspecified atom stereocenters. The second-order valence-electron chi connectivity index (χ2n) is 6.97. The quantitative estimate of drug-likeness (QED) is 0.355. The van der Waals surface area contributed by atoms with E-state index in [0.29, 0.717) is 22.9 Å². The highest BCUT2D eigenvalue weighted by Gasteiger charge is 2.17. The molecule has 0 saturated heterocycles. The van der Waals surface area contributed by atoms with E-state index in [2.05, 4.69) is 14.8 Å². The molecule has 30 heavy (non-hydrogen) atoms. The van der Waals surface area contributed by atoms with Crippen LogP contribution in [0.5, 0.6) is 0 Å². The predicted molar refractivity (Wildman–Crippen MR) is 121 cm³/mol. The minimum absolute atomic E-state index is 0.00871. The number of hydrogen-bond acceptors (Lipinski definition) is 5. The summed E-state index contributed by atoms with van der Waals surface area (Å²) in [7, 11) is 5.20. The molecule has 0 atom stereocenters. The molecule has 2 aromatic carbocycles. The number of ether oxygens (including phenoxy) is 1. The first-order chi connectivity index (χ1) is 14.5. The molecule has 0 spiro atoms. The number of halogens is 1. The summed E-state index contributed by atoms with van der Waals surface area (Å²) in [6, 6.07) is 15.3. The number of nitrogens with zero attached hydrogens (tertiary/aromatic N) is 4. The van der Waals surface area contributed by atoms with Crippen LogP contribution >= 0.6 is 23.4 Å². The summed E-state index contributed by atoms with van der Waals surface area (Å²) in [4.78, 5) is 13.8. The Morgan fingerprint density at radius 1 is 1.17 bits per heavy atom. The lowest BCUT2D eigenvalue weighted by Gasteiger charge is -2.12. The molecule has 1 heterocycles. The van der Waals surface area contributed by atoms with Gasteiger partial charge in [0.25, 0.3) is 5.91 Å². The Kier molecular flexibility index (Phi) is 7.90. The van der Waals surface area contributed by atoms with Crippen LogP contribution in [0.25, 0.3) is 11.4 Å². The van der Waals surface area contributed by atoms with Crippen molar-refractivity contribution in [2.75, 3.05) is 27.8 Å². The molecule has 8 heteroatoms. The first-order valence-corrected chi connectivity index (χ1v) is 11.0. The fourth-order valence-corrected chi connectivity index (χ4v) is 4.13. The van der Waals surface area contributed by atoms with E-state index in [1.54, 1.807) is 37.9 Å². The number of thioether (sulfide) groups is 1. The van der Waals surface area contributed by atoms with Crippen LogP contribution in [0.15, 0.2) is 53.7 Å². The fraction of sp³-hybridized carbons (Fsp3) is 0.318. The van der Waals surface area contributed by atoms with Crippen molar-refractivity contribution >= 4 is 29.3 Å². The van der Waals surface area contributed by atoms with Gasteiger partial charge in [0.15, 0.2) is 11.0 Å². The number of benzene rings is 2. The number of methoxy groups -OCH3 is 1. The van der Waals surface area contributed by atoms with Crippen molar-refractivity contribution in [3.05, 3.63) is 64.7 Å². The van der Waals surface area contributed by atoms with Gasteiger partial charge in [-0.2, -0.15) is 0 Å². The van der Waals surface area contributed by atoms with Gasteiger partial charge < -0.3 is 14.2 Å². The standard InChI is InChI=1S/C22H25ClN4O2S/c1-26(2)21(28)17-9-6-8-16(14-17)15-30-22-25-24-20(27(22)12-7-13-29-3)18-10-4-5-11-19(18)23/h4-6,8-11,14H,7,12-13,15H2,1-3H3. The molecule has 6 nitrogen and oxygen atoms in total. The van der Waals surface area contributed by atoms with Crippen LogP contribution in [0, 0.1) is 0 Å². The number of amides is 1. The van der Waals surface area contributed by atoms with Gasteiger partial charge in [-0.25, -0.2) is 0 Å². The Balaban J connectivity index is 1.83. The minimum atomic E-state index is -0.00871. The maximum atomic E-state index is 12.2. The minimum Gasteiger partial charge on any atom is -0.385 e. The Labute approximate surface area is 186 Å². The molecule has 1 aromatic heterocycles. The van der Waals surface area contributed by atoms with E-state index in [9.17, 15) is 4.79 Å². The molecular weight excluding hydrogens is 420 g/mol. The Morgan fingerprint density at radius 3 is 2.70 bits per heavy atom. The van der Waals surface area contributed by atoms with E-state index in [0.717, 1.165) is 35.1 Å². The molecule has 0 aliphatic carbocycles. The highest BCUT2D eigenvalue weighted by molar-refractivity contribution is 7.98. The summed E-state index contributed by atoms with van der Waals surface area (Å²) < 4.78 is 7.29. The maximum Gasteiger partial charge on any atom is 0.253 e. The normalized spacial score (nSPS) is 10.9. The van der Waals surface area contributed by atoms with Gasteiger partial charge in [0.2, 0.25) is 0 Å². The monoisotopic (exact) mass is 444 g/mol. The van der Waals surface area contributed by atoms with Crippen LogP contribution in [0.1, 0.15) is 22.3 Å². The third-order valence-electron chi connectivity index (χ3n) is 4.51. The molecule has 3 rings (SSSR count). The fourth-order valence-electron chi connectivity index (χ4n) is 3.01. The number of rotatable bonds is 9. The third kappa shape index (κ3) is 5.41. The van der Waals surface area contributed by atoms with Crippen LogP contribution in [0.2, 0.25) is 5.02 Å². The largest absolute Gasteiger partial charge is 0.385 e. The average molecular weight is 445 g/mol. The molecule has 0 aliphatic rings. The Morgan fingerprint density at radius 2 is 1.97 bits per heavy atom. The number of carbonyl (C=O) groups excluding carboxylic acids is 1.